The van der Waals surface area contributed by atoms with Crippen LogP contribution < -0.4 is 5.32 Å². The lowest BCUT2D eigenvalue weighted by Crippen LogP contribution is -2.41. The fourth-order valence-corrected chi connectivity index (χ4v) is 3.29. The standard InChI is InChI=1S/C12H25NO3S/c1-2-17(15,16)9-5-8-13-12-7-4-3-6-11(12)10-14/h11-14H,2-10H2,1H3. The molecule has 17 heavy (non-hydrogen) atoms. The lowest BCUT2D eigenvalue weighted by Gasteiger charge is -2.31. The molecule has 0 amide bonds. The molecule has 0 heterocycles. The second-order valence-corrected chi connectivity index (χ2v) is 7.35. The van der Waals surface area contributed by atoms with Crippen LogP contribution in [0.4, 0.5) is 0 Å². The number of aliphatic hydroxyl groups is 1. The minimum absolute atomic E-state index is 0.232. The molecule has 0 aromatic heterocycles. The average molecular weight is 263 g/mol. The highest BCUT2D eigenvalue weighted by Gasteiger charge is 2.23. The van der Waals surface area contributed by atoms with Crippen molar-refractivity contribution < 1.29 is 13.5 Å². The molecule has 102 valence electrons. The van der Waals surface area contributed by atoms with Crippen LogP contribution in [0, 0.1) is 5.92 Å². The van der Waals surface area contributed by atoms with Crippen molar-refractivity contribution in [2.75, 3.05) is 24.7 Å². The predicted octanol–water partition coefficient (Wildman–Crippen LogP) is 0.952. The lowest BCUT2D eigenvalue weighted by molar-refractivity contribution is 0.153. The molecular weight excluding hydrogens is 238 g/mol. The number of nitrogens with one attached hydrogen (secondary N) is 1. The molecule has 0 aliphatic heterocycles. The summed E-state index contributed by atoms with van der Waals surface area (Å²) in [6.07, 6.45) is 5.27. The van der Waals surface area contributed by atoms with E-state index in [4.69, 9.17) is 0 Å². The summed E-state index contributed by atoms with van der Waals surface area (Å²) in [5.74, 6) is 0.856. The Hall–Kier alpha value is -0.130. The number of aliphatic hydroxyl groups excluding tert-OH is 1. The maximum atomic E-state index is 11.3. The van der Waals surface area contributed by atoms with Gasteiger partial charge in [-0.3, -0.25) is 0 Å². The zero-order valence-electron chi connectivity index (χ0n) is 10.7. The summed E-state index contributed by atoms with van der Waals surface area (Å²) in [4.78, 5) is 0. The Morgan fingerprint density at radius 3 is 2.65 bits per heavy atom. The fourth-order valence-electron chi connectivity index (χ4n) is 2.42. The van der Waals surface area contributed by atoms with Crippen molar-refractivity contribution in [2.24, 2.45) is 5.92 Å². The van der Waals surface area contributed by atoms with Gasteiger partial charge in [0.2, 0.25) is 0 Å². The molecular formula is C12H25NO3S. The van der Waals surface area contributed by atoms with Gasteiger partial charge in [0, 0.05) is 18.4 Å². The van der Waals surface area contributed by atoms with E-state index in [1.54, 1.807) is 6.92 Å². The molecule has 1 saturated carbocycles. The first kappa shape index (κ1) is 14.9. The SMILES string of the molecule is CCS(=O)(=O)CCCNC1CCCCC1CO. The Balaban J connectivity index is 2.21. The van der Waals surface area contributed by atoms with Crippen LogP contribution in [-0.4, -0.2) is 44.2 Å². The molecule has 4 nitrogen and oxygen atoms in total. The van der Waals surface area contributed by atoms with E-state index < -0.39 is 9.84 Å². The molecule has 0 radical (unpaired) electrons. The molecule has 0 aromatic carbocycles. The van der Waals surface area contributed by atoms with Gasteiger partial charge in [-0.05, 0) is 31.7 Å². The van der Waals surface area contributed by atoms with Crippen molar-refractivity contribution in [3.8, 4) is 0 Å². The van der Waals surface area contributed by atoms with Crippen LogP contribution in [0.1, 0.15) is 39.0 Å². The van der Waals surface area contributed by atoms with Gasteiger partial charge in [0.05, 0.1) is 5.75 Å². The third kappa shape index (κ3) is 5.36. The van der Waals surface area contributed by atoms with Crippen molar-refractivity contribution in [2.45, 2.75) is 45.1 Å². The number of rotatable bonds is 7. The normalized spacial score (nSPS) is 26.0. The van der Waals surface area contributed by atoms with E-state index in [0.717, 1.165) is 19.4 Å². The highest BCUT2D eigenvalue weighted by molar-refractivity contribution is 7.91. The Labute approximate surface area is 105 Å². The van der Waals surface area contributed by atoms with Crippen LogP contribution in [0.3, 0.4) is 0 Å². The summed E-state index contributed by atoms with van der Waals surface area (Å²) >= 11 is 0. The van der Waals surface area contributed by atoms with Gasteiger partial charge >= 0.3 is 0 Å². The first-order chi connectivity index (χ1) is 8.09. The van der Waals surface area contributed by atoms with E-state index >= 15 is 0 Å². The van der Waals surface area contributed by atoms with Crippen LogP contribution in [0.15, 0.2) is 0 Å². The summed E-state index contributed by atoms with van der Waals surface area (Å²) in [7, 11) is -2.83. The molecule has 2 unspecified atom stereocenters. The first-order valence-corrected chi connectivity index (χ1v) is 8.46. The van der Waals surface area contributed by atoms with Crippen molar-refractivity contribution >= 4 is 9.84 Å². The second kappa shape index (κ2) is 7.34. The number of sulfone groups is 1. The number of hydrogen-bond acceptors (Lipinski definition) is 4. The topological polar surface area (TPSA) is 66.4 Å². The minimum atomic E-state index is -2.83. The van der Waals surface area contributed by atoms with E-state index in [-0.39, 0.29) is 18.1 Å². The average Bonchev–Trinajstić information content (AvgIpc) is 2.35. The van der Waals surface area contributed by atoms with Crippen molar-refractivity contribution in [3.63, 3.8) is 0 Å². The highest BCUT2D eigenvalue weighted by atomic mass is 32.2. The van der Waals surface area contributed by atoms with Gasteiger partial charge in [-0.1, -0.05) is 19.8 Å². The molecule has 1 rings (SSSR count). The highest BCUT2D eigenvalue weighted by Crippen LogP contribution is 2.23. The van der Waals surface area contributed by atoms with Gasteiger partial charge in [-0.15, -0.1) is 0 Å². The Bertz CT molecular complexity index is 303. The second-order valence-electron chi connectivity index (χ2n) is 4.88. The molecule has 0 saturated heterocycles. The molecule has 0 spiro atoms. The quantitative estimate of drug-likeness (QED) is 0.671. The lowest BCUT2D eigenvalue weighted by atomic mass is 9.85. The Morgan fingerprint density at radius 1 is 1.29 bits per heavy atom. The summed E-state index contributed by atoms with van der Waals surface area (Å²) in [6.45, 7) is 2.66. The van der Waals surface area contributed by atoms with Gasteiger partial charge in [-0.2, -0.15) is 0 Å². The number of hydrogen-bond donors (Lipinski definition) is 2. The maximum absolute atomic E-state index is 11.3. The molecule has 2 N–H and O–H groups in total. The summed E-state index contributed by atoms with van der Waals surface area (Å²) in [5, 5.41) is 12.6. The van der Waals surface area contributed by atoms with Crippen molar-refractivity contribution in [3.05, 3.63) is 0 Å². The maximum Gasteiger partial charge on any atom is 0.150 e. The van der Waals surface area contributed by atoms with Gasteiger partial charge < -0.3 is 10.4 Å². The van der Waals surface area contributed by atoms with Gasteiger partial charge in [-0.25, -0.2) is 8.42 Å². The van der Waals surface area contributed by atoms with Crippen LogP contribution in [0.2, 0.25) is 0 Å². The van der Waals surface area contributed by atoms with Crippen LogP contribution in [0.25, 0.3) is 0 Å². The molecule has 0 aromatic rings. The summed E-state index contributed by atoms with van der Waals surface area (Å²) in [5.41, 5.74) is 0. The summed E-state index contributed by atoms with van der Waals surface area (Å²) in [6, 6.07) is 0.373. The van der Waals surface area contributed by atoms with Gasteiger partial charge in [0.15, 0.2) is 0 Å². The predicted molar refractivity (Wildman–Crippen MR) is 69.8 cm³/mol. The van der Waals surface area contributed by atoms with Crippen LogP contribution >= 0.6 is 0 Å². The Morgan fingerprint density at radius 2 is 2.00 bits per heavy atom. The molecule has 1 fully saturated rings. The van der Waals surface area contributed by atoms with Crippen LogP contribution in [0.5, 0.6) is 0 Å². The third-order valence-electron chi connectivity index (χ3n) is 3.62. The zero-order chi connectivity index (χ0) is 12.7. The van der Waals surface area contributed by atoms with Gasteiger partial charge in [0.1, 0.15) is 9.84 Å². The third-order valence-corrected chi connectivity index (χ3v) is 5.41. The van der Waals surface area contributed by atoms with E-state index in [0.29, 0.717) is 18.4 Å². The molecule has 0 bridgehead atoms. The van der Waals surface area contributed by atoms with Crippen molar-refractivity contribution in [1.82, 2.24) is 5.32 Å². The monoisotopic (exact) mass is 263 g/mol. The van der Waals surface area contributed by atoms with E-state index in [9.17, 15) is 13.5 Å². The minimum Gasteiger partial charge on any atom is -0.396 e. The fraction of sp³-hybridized carbons (Fsp3) is 1.00. The molecule has 2 atom stereocenters. The van der Waals surface area contributed by atoms with Crippen LogP contribution in [-0.2, 0) is 9.84 Å². The van der Waals surface area contributed by atoms with E-state index in [1.165, 1.54) is 12.8 Å². The molecule has 1 aliphatic carbocycles. The zero-order valence-corrected chi connectivity index (χ0v) is 11.5. The smallest absolute Gasteiger partial charge is 0.150 e. The van der Waals surface area contributed by atoms with Gasteiger partial charge in [0.25, 0.3) is 0 Å². The largest absolute Gasteiger partial charge is 0.396 e. The molecule has 1 aliphatic rings. The first-order valence-electron chi connectivity index (χ1n) is 6.63. The molecule has 5 heteroatoms. The van der Waals surface area contributed by atoms with E-state index in [1.807, 2.05) is 0 Å². The van der Waals surface area contributed by atoms with E-state index in [2.05, 4.69) is 5.32 Å². The van der Waals surface area contributed by atoms with Crippen molar-refractivity contribution in [1.29, 1.82) is 0 Å². The Kier molecular flexibility index (Phi) is 6.44. The summed E-state index contributed by atoms with van der Waals surface area (Å²) < 4.78 is 22.6.